The van der Waals surface area contributed by atoms with Gasteiger partial charge < -0.3 is 14.7 Å². The third-order valence-electron chi connectivity index (χ3n) is 5.54. The van der Waals surface area contributed by atoms with Gasteiger partial charge in [0.1, 0.15) is 5.82 Å². The summed E-state index contributed by atoms with van der Waals surface area (Å²) in [6.45, 7) is 8.62. The van der Waals surface area contributed by atoms with Gasteiger partial charge in [-0.25, -0.2) is 0 Å². The van der Waals surface area contributed by atoms with E-state index in [0.717, 1.165) is 51.1 Å². The van der Waals surface area contributed by atoms with Crippen molar-refractivity contribution in [1.29, 1.82) is 0 Å². The molecular weight excluding hydrogens is 344 g/mol. The van der Waals surface area contributed by atoms with Crippen LogP contribution in [0.3, 0.4) is 0 Å². The van der Waals surface area contributed by atoms with E-state index >= 15 is 0 Å². The molecule has 4 heteroatoms. The smallest absolute Gasteiger partial charge is 0.108 e. The van der Waals surface area contributed by atoms with E-state index in [9.17, 15) is 0 Å². The molecule has 0 amide bonds. The Morgan fingerprint density at radius 3 is 2.61 bits per heavy atom. The van der Waals surface area contributed by atoms with Crippen LogP contribution in [0.25, 0.3) is 5.57 Å². The van der Waals surface area contributed by atoms with E-state index in [0.29, 0.717) is 0 Å². The minimum Gasteiger partial charge on any atom is -0.355 e. The maximum atomic E-state index is 4.55. The highest BCUT2D eigenvalue weighted by Gasteiger charge is 2.23. The van der Waals surface area contributed by atoms with E-state index in [1.165, 1.54) is 22.7 Å². The van der Waals surface area contributed by atoms with Gasteiger partial charge in [0, 0.05) is 68.4 Å². The van der Waals surface area contributed by atoms with Gasteiger partial charge in [-0.15, -0.1) is 0 Å². The Balaban J connectivity index is 1.98. The van der Waals surface area contributed by atoms with Crippen molar-refractivity contribution in [1.82, 2.24) is 19.7 Å². The van der Waals surface area contributed by atoms with Gasteiger partial charge in [0.05, 0.1) is 0 Å². The first-order chi connectivity index (χ1) is 13.6. The van der Waals surface area contributed by atoms with Crippen molar-refractivity contribution in [2.75, 3.05) is 40.3 Å². The van der Waals surface area contributed by atoms with Crippen molar-refractivity contribution in [2.45, 2.75) is 33.1 Å². The molecule has 2 aliphatic rings. The van der Waals surface area contributed by atoms with Gasteiger partial charge in [-0.2, -0.15) is 0 Å². The summed E-state index contributed by atoms with van der Waals surface area (Å²) in [6.07, 6.45) is 16.5. The second-order valence-electron chi connectivity index (χ2n) is 7.75. The molecule has 0 spiro atoms. The lowest BCUT2D eigenvalue weighted by Crippen LogP contribution is -2.46. The van der Waals surface area contributed by atoms with Crippen LogP contribution in [-0.2, 0) is 0 Å². The molecule has 150 valence electrons. The number of piperazine rings is 1. The number of hydrogen-bond donors (Lipinski definition) is 0. The summed E-state index contributed by atoms with van der Waals surface area (Å²) in [5.74, 6) is 1.29. The molecule has 4 nitrogen and oxygen atoms in total. The van der Waals surface area contributed by atoms with E-state index in [1.807, 2.05) is 13.1 Å². The first-order valence-corrected chi connectivity index (χ1v) is 10.5. The minimum atomic E-state index is 0.921. The van der Waals surface area contributed by atoms with Gasteiger partial charge in [0.25, 0.3) is 0 Å². The van der Waals surface area contributed by atoms with Crippen LogP contribution in [0.5, 0.6) is 0 Å². The number of nitrogens with zero attached hydrogens (tertiary/aromatic N) is 4. The van der Waals surface area contributed by atoms with Crippen LogP contribution in [0.2, 0.25) is 0 Å². The second kappa shape index (κ2) is 9.74. The third kappa shape index (κ3) is 4.93. The zero-order chi connectivity index (χ0) is 19.9. The lowest BCUT2D eigenvalue weighted by Gasteiger charge is -2.39. The Morgan fingerprint density at radius 2 is 1.93 bits per heavy atom. The average Bonchev–Trinajstić information content (AvgIpc) is 2.89. The number of likely N-dealkylation sites (N-methyl/N-ethyl adjacent to an activating group) is 1. The number of pyridine rings is 1. The molecule has 0 bridgehead atoms. The molecular formula is C24H34N4. The fourth-order valence-corrected chi connectivity index (χ4v) is 3.72. The molecule has 0 N–H and O–H groups in total. The van der Waals surface area contributed by atoms with Crippen molar-refractivity contribution in [3.63, 3.8) is 0 Å². The first-order valence-electron chi connectivity index (χ1n) is 10.5. The number of aryl methyl sites for hydroxylation is 1. The van der Waals surface area contributed by atoms with Gasteiger partial charge in [0.15, 0.2) is 0 Å². The first kappa shape index (κ1) is 20.4. The molecule has 28 heavy (non-hydrogen) atoms. The van der Waals surface area contributed by atoms with Gasteiger partial charge in [-0.1, -0.05) is 43.7 Å². The number of aromatic nitrogens is 1. The van der Waals surface area contributed by atoms with E-state index in [4.69, 9.17) is 0 Å². The Hall–Kier alpha value is -2.33. The van der Waals surface area contributed by atoms with Crippen molar-refractivity contribution in [3.05, 3.63) is 71.5 Å². The molecule has 3 heterocycles. The lowest BCUT2D eigenvalue weighted by molar-refractivity contribution is 0.157. The monoisotopic (exact) mass is 378 g/mol. The van der Waals surface area contributed by atoms with Crippen LogP contribution >= 0.6 is 0 Å². The number of hydrogen-bond acceptors (Lipinski definition) is 4. The Bertz CT molecular complexity index is 762. The fourth-order valence-electron chi connectivity index (χ4n) is 3.72. The number of unbranched alkanes of at least 4 members (excludes halogenated alkanes) is 1. The highest BCUT2D eigenvalue weighted by molar-refractivity contribution is 5.76. The molecule has 0 radical (unpaired) electrons. The van der Waals surface area contributed by atoms with E-state index < -0.39 is 0 Å². The molecule has 0 atom stereocenters. The maximum Gasteiger partial charge on any atom is 0.108 e. The van der Waals surface area contributed by atoms with Crippen LogP contribution in [0.4, 0.5) is 0 Å². The van der Waals surface area contributed by atoms with Gasteiger partial charge in [-0.3, -0.25) is 4.98 Å². The van der Waals surface area contributed by atoms with Crippen molar-refractivity contribution >= 4 is 5.57 Å². The summed E-state index contributed by atoms with van der Waals surface area (Å²) >= 11 is 0. The molecule has 0 unspecified atom stereocenters. The Kier molecular flexibility index (Phi) is 7.10. The second-order valence-corrected chi connectivity index (χ2v) is 7.75. The normalized spacial score (nSPS) is 20.5. The van der Waals surface area contributed by atoms with E-state index in [2.05, 4.69) is 83.2 Å². The predicted octanol–water partition coefficient (Wildman–Crippen LogP) is 4.44. The number of rotatable bonds is 5. The van der Waals surface area contributed by atoms with Crippen LogP contribution in [0, 0.1) is 6.92 Å². The predicted molar refractivity (Wildman–Crippen MR) is 119 cm³/mol. The lowest BCUT2D eigenvalue weighted by atomic mass is 10.0. The molecule has 1 aromatic rings. The molecule has 1 aromatic heterocycles. The largest absolute Gasteiger partial charge is 0.355 e. The van der Waals surface area contributed by atoms with Crippen molar-refractivity contribution in [3.8, 4) is 0 Å². The molecule has 3 rings (SSSR count). The van der Waals surface area contributed by atoms with Gasteiger partial charge in [0.2, 0.25) is 0 Å². The topological polar surface area (TPSA) is 22.6 Å². The Labute approximate surface area is 170 Å². The third-order valence-corrected chi connectivity index (χ3v) is 5.54. The maximum absolute atomic E-state index is 4.55. The summed E-state index contributed by atoms with van der Waals surface area (Å²) in [7, 11) is 4.41. The molecule has 0 aliphatic carbocycles. The van der Waals surface area contributed by atoms with Crippen LogP contribution < -0.4 is 0 Å². The SMILES string of the molecule is CCC/C=C/C(=C1/CC=CC=C(N2CCN(C)CC2)N1C)c1ccc(C)nc1. The van der Waals surface area contributed by atoms with Crippen LogP contribution in [-0.4, -0.2) is 60.0 Å². The fraction of sp³-hybridized carbons (Fsp3) is 0.458. The zero-order valence-electron chi connectivity index (χ0n) is 17.9. The van der Waals surface area contributed by atoms with E-state index in [-0.39, 0.29) is 0 Å². The van der Waals surface area contributed by atoms with E-state index in [1.54, 1.807) is 0 Å². The quantitative estimate of drug-likeness (QED) is 0.755. The molecule has 0 aromatic carbocycles. The summed E-state index contributed by atoms with van der Waals surface area (Å²) in [6, 6.07) is 4.30. The summed E-state index contributed by atoms with van der Waals surface area (Å²) in [5.41, 5.74) is 4.84. The molecule has 0 saturated carbocycles. The van der Waals surface area contributed by atoms with Crippen molar-refractivity contribution in [2.24, 2.45) is 0 Å². The molecule has 2 aliphatic heterocycles. The van der Waals surface area contributed by atoms with Crippen molar-refractivity contribution < 1.29 is 0 Å². The summed E-state index contributed by atoms with van der Waals surface area (Å²) in [5, 5.41) is 0. The zero-order valence-corrected chi connectivity index (χ0v) is 17.9. The highest BCUT2D eigenvalue weighted by atomic mass is 15.4. The minimum absolute atomic E-state index is 0.921. The average molecular weight is 379 g/mol. The number of allylic oxidation sites excluding steroid dienone is 6. The molecule has 1 fully saturated rings. The summed E-state index contributed by atoms with van der Waals surface area (Å²) in [4.78, 5) is 11.8. The molecule has 1 saturated heterocycles. The van der Waals surface area contributed by atoms with Crippen LogP contribution in [0.15, 0.2) is 60.2 Å². The van der Waals surface area contributed by atoms with Gasteiger partial charge in [-0.05, 0) is 32.5 Å². The summed E-state index contributed by atoms with van der Waals surface area (Å²) < 4.78 is 0. The highest BCUT2D eigenvalue weighted by Crippen LogP contribution is 2.30. The standard InChI is InChI=1S/C24H34N4/c1-5-6-7-10-22(21-14-13-20(2)25-19-21)23-11-8-9-12-24(27(23)4)28-17-15-26(3)16-18-28/h7-10,12-14,19H,5-6,11,15-18H2,1-4H3/b10-7+,23-22+. The Morgan fingerprint density at radius 1 is 1.14 bits per heavy atom. The van der Waals surface area contributed by atoms with Crippen LogP contribution in [0.1, 0.15) is 37.4 Å². The van der Waals surface area contributed by atoms with Gasteiger partial charge >= 0.3 is 0 Å².